The van der Waals surface area contributed by atoms with Crippen LogP contribution >= 0.6 is 0 Å². The molecule has 0 saturated carbocycles. The molecule has 0 spiro atoms. The lowest BCUT2D eigenvalue weighted by Crippen LogP contribution is -2.42. The van der Waals surface area contributed by atoms with Gasteiger partial charge in [-0.2, -0.15) is 0 Å². The van der Waals surface area contributed by atoms with E-state index in [0.717, 1.165) is 6.92 Å². The van der Waals surface area contributed by atoms with Gasteiger partial charge >= 0.3 is 12.2 Å². The fraction of sp³-hybridized carbons (Fsp3) is 0.905. The highest BCUT2D eigenvalue weighted by Crippen LogP contribution is 2.18. The molecule has 0 aromatic rings. The lowest BCUT2D eigenvalue weighted by Gasteiger charge is -2.32. The number of hydrogen-bond acceptors (Lipinski definition) is 5. The summed E-state index contributed by atoms with van der Waals surface area (Å²) < 4.78 is 150. The van der Waals surface area contributed by atoms with Gasteiger partial charge in [-0.25, -0.2) is 9.59 Å². The summed E-state index contributed by atoms with van der Waals surface area (Å²) in [5.74, 6) is -2.80. The lowest BCUT2D eigenvalue weighted by molar-refractivity contribution is 0.00992. The molecule has 7 nitrogen and oxygen atoms in total. The Morgan fingerprint density at radius 3 is 1.50 bits per heavy atom. The average Bonchev–Trinajstić information content (AvgIpc) is 2.73. The monoisotopic (exact) mass is 418 g/mol. The second-order valence-electron chi connectivity index (χ2n) is 7.55. The molecule has 0 atom stereocenters. The predicted octanol–water partition coefficient (Wildman–Crippen LogP) is 4.03. The Morgan fingerprint density at radius 1 is 0.857 bits per heavy atom. The molecule has 0 aromatic carbocycles. The number of rotatable bonds is 0. The molecule has 0 unspecified atom stereocenters. The Bertz CT molecular complexity index is 1050. The first-order valence-electron chi connectivity index (χ1n) is 17.3. The Hall–Kier alpha value is -1.50. The van der Waals surface area contributed by atoms with E-state index in [1.807, 2.05) is 0 Å². The van der Waals surface area contributed by atoms with Crippen molar-refractivity contribution in [2.24, 2.45) is 5.89 Å². The predicted molar refractivity (Wildman–Crippen MR) is 109 cm³/mol. The molecule has 2 amide bonds. The number of likely N-dealkylation sites (tertiary alicyclic amines) is 2. The minimum atomic E-state index is -3.80. The zero-order valence-electron chi connectivity index (χ0n) is 35.0. The number of piperidine rings is 2. The minimum absolute atomic E-state index is 0.207. The van der Waals surface area contributed by atoms with E-state index in [9.17, 15) is 14.7 Å². The van der Waals surface area contributed by atoms with E-state index in [0.29, 0.717) is 0 Å². The third-order valence-electron chi connectivity index (χ3n) is 2.43. The molecule has 0 radical (unpaired) electrons. The van der Waals surface area contributed by atoms with Crippen LogP contribution in [0.1, 0.15) is 98.6 Å². The molecule has 2 aliphatic rings. The third kappa shape index (κ3) is 10.2. The Morgan fingerprint density at radius 2 is 1.18 bits per heavy atom. The quantitative estimate of drug-likeness (QED) is 0.642. The Labute approximate surface area is 195 Å². The van der Waals surface area contributed by atoms with Gasteiger partial charge in [-0.05, 0) is 72.9 Å². The van der Waals surface area contributed by atoms with Crippen LogP contribution in [0.25, 0.3) is 0 Å². The summed E-state index contributed by atoms with van der Waals surface area (Å²) in [5.41, 5.74) is -2.30. The molecule has 164 valence electrons. The van der Waals surface area contributed by atoms with Gasteiger partial charge in [-0.15, -0.1) is 0 Å². The molecule has 2 heterocycles. The smallest absolute Gasteiger partial charge is 0.410 e. The van der Waals surface area contributed by atoms with E-state index in [1.165, 1.54) is 41.5 Å². The molecule has 2 fully saturated rings. The van der Waals surface area contributed by atoms with Gasteiger partial charge < -0.3 is 24.4 Å². The summed E-state index contributed by atoms with van der Waals surface area (Å²) in [7, 11) is 0. The van der Waals surface area contributed by atoms with Crippen molar-refractivity contribution in [1.29, 1.82) is 0 Å². The molecule has 28 heavy (non-hydrogen) atoms. The summed E-state index contributed by atoms with van der Waals surface area (Å²) in [6.45, 7) is -4.36. The first-order valence-corrected chi connectivity index (χ1v) is 8.29. The molecule has 1 N–H and O–H groups in total. The van der Waals surface area contributed by atoms with Gasteiger partial charge in [0.1, 0.15) is 11.2 Å². The van der Waals surface area contributed by atoms with Gasteiger partial charge in [0.25, 0.3) is 0 Å². The number of carbonyl (C=O) groups excluding carboxylic acids is 2. The number of nitrogens with zero attached hydrogens (tertiary/aromatic N) is 2. The second-order valence-corrected chi connectivity index (χ2v) is 7.55. The van der Waals surface area contributed by atoms with Crippen molar-refractivity contribution in [3.63, 3.8) is 0 Å². The highest BCUT2D eigenvalue weighted by atomic mass is 16.6. The van der Waals surface area contributed by atoms with Crippen LogP contribution < -0.4 is 0 Å². The first kappa shape index (κ1) is 8.70. The lowest BCUT2D eigenvalue weighted by atomic mass is 10.00. The van der Waals surface area contributed by atoms with E-state index in [2.05, 4.69) is 0 Å². The van der Waals surface area contributed by atoms with E-state index in [1.54, 1.807) is 0 Å². The topological polar surface area (TPSA) is 79.3 Å². The van der Waals surface area contributed by atoms with Crippen molar-refractivity contribution in [1.82, 2.24) is 9.80 Å². The van der Waals surface area contributed by atoms with Crippen LogP contribution in [-0.2, 0) is 9.47 Å². The van der Waals surface area contributed by atoms with Crippen molar-refractivity contribution < 1.29 is 48.8 Å². The number of aliphatic hydroxyl groups is 1. The maximum absolute atomic E-state index is 12.3. The van der Waals surface area contributed by atoms with Crippen LogP contribution in [0, 0.1) is 5.89 Å². The first-order chi connectivity index (χ1) is 19.5. The second kappa shape index (κ2) is 10.3. The van der Waals surface area contributed by atoms with Crippen LogP contribution in [0.2, 0.25) is 0 Å². The third-order valence-corrected chi connectivity index (χ3v) is 2.43. The van der Waals surface area contributed by atoms with Crippen molar-refractivity contribution >= 4 is 12.2 Å². The van der Waals surface area contributed by atoms with Gasteiger partial charge in [0.15, 0.2) is 0 Å². The fourth-order valence-electron chi connectivity index (χ4n) is 1.41. The largest absolute Gasteiger partial charge is 0.444 e. The van der Waals surface area contributed by atoms with Crippen molar-refractivity contribution in [3.05, 3.63) is 0 Å². The van der Waals surface area contributed by atoms with Crippen LogP contribution in [-0.4, -0.2) is 70.4 Å². The molecule has 2 rings (SSSR count). The van der Waals surface area contributed by atoms with Crippen LogP contribution in [0.3, 0.4) is 0 Å². The molecule has 0 aliphatic carbocycles. The zero-order chi connectivity index (χ0) is 37.7. The standard InChI is InChI=1S/C11H21NO2.C10H19NO3/c1-9-5-7-12(8-6-9)10(13)14-11(2,3)4;1-10(2,3)14-9(13)11-6-4-8(12)5-7-11/h9H,5-8H2,1-4H3;8,12H,4-7H2,1-3H3/i5D2,6D2,7D2,8D2,9D;4D2,5D2,6D2,7D2,8D. The number of carbonyl (C=O) groups is 2. The summed E-state index contributed by atoms with van der Waals surface area (Å²) in [6, 6.07) is 0. The van der Waals surface area contributed by atoms with Crippen molar-refractivity contribution in [2.75, 3.05) is 26.0 Å². The molecule has 0 bridgehead atoms. The van der Waals surface area contributed by atoms with Crippen LogP contribution in [0.15, 0.2) is 0 Å². The highest BCUT2D eigenvalue weighted by Gasteiger charge is 2.26. The van der Waals surface area contributed by atoms with E-state index in [4.69, 9.17) is 34.1 Å². The molecule has 7 heteroatoms. The van der Waals surface area contributed by atoms with Crippen LogP contribution in [0.5, 0.6) is 0 Å². The average molecular weight is 419 g/mol. The molecule has 2 aliphatic heterocycles. The Kier molecular flexibility index (Phi) is 3.21. The van der Waals surface area contributed by atoms with E-state index in [-0.39, 0.29) is 9.80 Å². The SMILES string of the molecule is [2H]C1([2H])N(C(=O)OC(C)(C)C)C([2H])([2H])C([2H])([2H])C([2H])(C)C1([2H])[2H].[2H]C1([2H])N(C(=O)OC(C)(C)C)C([2H])([2H])C([2H])([2H])C([2H])(O)C1([2H])[2H]. The number of hydrogen-bond donors (Lipinski definition) is 1. The minimum Gasteiger partial charge on any atom is -0.444 e. The maximum atomic E-state index is 12.3. The van der Waals surface area contributed by atoms with Crippen molar-refractivity contribution in [2.45, 2.75) is 91.2 Å². The van der Waals surface area contributed by atoms with Gasteiger partial charge in [0.05, 0.1) is 7.45 Å². The zero-order valence-corrected chi connectivity index (χ0v) is 17.0. The number of ether oxygens (including phenoxy) is 2. The molecule has 2 saturated heterocycles. The summed E-state index contributed by atoms with van der Waals surface area (Å²) >= 11 is 0. The molecule has 0 aromatic heterocycles. The van der Waals surface area contributed by atoms with Gasteiger partial charge in [-0.1, -0.05) is 6.92 Å². The molecular weight excluding hydrogens is 360 g/mol. The molecular formula is C21H40N2O5. The summed E-state index contributed by atoms with van der Waals surface area (Å²) in [5, 5.41) is 9.89. The fourth-order valence-corrected chi connectivity index (χ4v) is 1.41. The summed E-state index contributed by atoms with van der Waals surface area (Å²) in [4.78, 5) is 23.9. The van der Waals surface area contributed by atoms with Crippen molar-refractivity contribution in [3.8, 4) is 0 Å². The van der Waals surface area contributed by atoms with Gasteiger partial charge in [-0.3, -0.25) is 0 Å². The summed E-state index contributed by atoms with van der Waals surface area (Å²) in [6.07, 6.45) is -20.7. The van der Waals surface area contributed by atoms with Crippen LogP contribution in [0.4, 0.5) is 9.59 Å². The maximum Gasteiger partial charge on any atom is 0.410 e. The Balaban J connectivity index is 0.000000460. The highest BCUT2D eigenvalue weighted by molar-refractivity contribution is 5.68. The van der Waals surface area contributed by atoms with E-state index < -0.39 is 86.8 Å². The number of amides is 2. The van der Waals surface area contributed by atoms with E-state index >= 15 is 0 Å². The van der Waals surface area contributed by atoms with Gasteiger partial charge in [0, 0.05) is 49.3 Å². The normalized spacial score (nSPS) is 45.7. The van der Waals surface area contributed by atoms with Gasteiger partial charge in [0.2, 0.25) is 0 Å².